The van der Waals surface area contributed by atoms with Gasteiger partial charge in [-0.25, -0.2) is 4.39 Å². The third-order valence-electron chi connectivity index (χ3n) is 8.58. The van der Waals surface area contributed by atoms with E-state index in [1.165, 1.54) is 5.56 Å². The summed E-state index contributed by atoms with van der Waals surface area (Å²) < 4.78 is 14.6. The number of aliphatic hydroxyl groups is 1. The fraction of sp³-hybridized carbons (Fsp3) is 0.571. The molecular formula is C28H38FN3O. The molecule has 178 valence electrons. The van der Waals surface area contributed by atoms with Crippen LogP contribution in [-0.4, -0.2) is 59.8 Å². The number of piperidine rings is 1. The molecule has 3 fully saturated rings. The summed E-state index contributed by atoms with van der Waals surface area (Å²) in [5.74, 6) is 0.648. The molecule has 0 spiro atoms. The predicted molar refractivity (Wildman–Crippen MR) is 130 cm³/mol. The summed E-state index contributed by atoms with van der Waals surface area (Å²) in [6.07, 6.45) is 5.28. The van der Waals surface area contributed by atoms with Crippen molar-refractivity contribution in [1.82, 2.24) is 9.80 Å². The lowest BCUT2D eigenvalue weighted by atomic mass is 9.58. The lowest BCUT2D eigenvalue weighted by Crippen LogP contribution is -2.61. The van der Waals surface area contributed by atoms with Crippen molar-refractivity contribution < 1.29 is 9.50 Å². The minimum atomic E-state index is -0.236. The number of hydrogen-bond donors (Lipinski definition) is 2. The zero-order valence-corrected chi connectivity index (χ0v) is 19.6. The minimum absolute atomic E-state index is 0.154. The molecule has 2 aromatic rings. The highest BCUT2D eigenvalue weighted by molar-refractivity contribution is 5.31. The van der Waals surface area contributed by atoms with Crippen LogP contribution in [0.4, 0.5) is 4.39 Å². The summed E-state index contributed by atoms with van der Waals surface area (Å²) in [6.45, 7) is 5.40. The Kier molecular flexibility index (Phi) is 6.84. The lowest BCUT2D eigenvalue weighted by Gasteiger charge is -2.54. The molecule has 1 aliphatic carbocycles. The quantitative estimate of drug-likeness (QED) is 0.673. The van der Waals surface area contributed by atoms with Gasteiger partial charge in [-0.1, -0.05) is 48.9 Å². The molecule has 2 aliphatic heterocycles. The van der Waals surface area contributed by atoms with Crippen LogP contribution in [0.1, 0.15) is 43.2 Å². The van der Waals surface area contributed by atoms with Crippen LogP contribution in [0, 0.1) is 17.7 Å². The first kappa shape index (κ1) is 23.0. The number of β-amino-alcohol motifs (C(OH)–C–C–N with tert-alkyl or cyclic N) is 1. The monoisotopic (exact) mass is 451 g/mol. The lowest BCUT2D eigenvalue weighted by molar-refractivity contribution is -0.0375. The third-order valence-corrected chi connectivity index (χ3v) is 8.58. The van der Waals surface area contributed by atoms with E-state index in [9.17, 15) is 9.50 Å². The zero-order chi connectivity index (χ0) is 22.8. The van der Waals surface area contributed by atoms with Crippen molar-refractivity contribution in [3.8, 4) is 0 Å². The molecule has 0 aromatic heterocycles. The van der Waals surface area contributed by atoms with Gasteiger partial charge in [0.2, 0.25) is 0 Å². The normalized spacial score (nSPS) is 27.4. The van der Waals surface area contributed by atoms with Gasteiger partial charge in [0.05, 0.1) is 6.10 Å². The smallest absolute Gasteiger partial charge is 0.123 e. The number of halogens is 1. The van der Waals surface area contributed by atoms with Crippen molar-refractivity contribution >= 4 is 0 Å². The molecule has 1 unspecified atom stereocenters. The first-order valence-electron chi connectivity index (χ1n) is 12.7. The second-order valence-corrected chi connectivity index (χ2v) is 10.6. The molecule has 3 N–H and O–H groups in total. The van der Waals surface area contributed by atoms with Gasteiger partial charge in [-0.05, 0) is 73.9 Å². The van der Waals surface area contributed by atoms with Crippen molar-refractivity contribution in [2.45, 2.75) is 56.2 Å². The van der Waals surface area contributed by atoms with Crippen molar-refractivity contribution in [1.29, 1.82) is 0 Å². The largest absolute Gasteiger partial charge is 0.390 e. The van der Waals surface area contributed by atoms with Crippen molar-refractivity contribution in [2.24, 2.45) is 17.6 Å². The number of likely N-dealkylation sites (tertiary alicyclic amines) is 2. The topological polar surface area (TPSA) is 52.7 Å². The summed E-state index contributed by atoms with van der Waals surface area (Å²) in [7, 11) is 0. The van der Waals surface area contributed by atoms with Crippen LogP contribution in [0.5, 0.6) is 0 Å². The average molecular weight is 452 g/mol. The molecule has 1 saturated carbocycles. The van der Waals surface area contributed by atoms with E-state index in [1.807, 2.05) is 6.07 Å². The summed E-state index contributed by atoms with van der Waals surface area (Å²) in [5, 5.41) is 10.00. The predicted octanol–water partition coefficient (Wildman–Crippen LogP) is 3.78. The maximum atomic E-state index is 14.6. The van der Waals surface area contributed by atoms with E-state index in [1.54, 1.807) is 12.1 Å². The second-order valence-electron chi connectivity index (χ2n) is 10.6. The summed E-state index contributed by atoms with van der Waals surface area (Å²) in [6, 6.07) is 18.2. The van der Waals surface area contributed by atoms with Gasteiger partial charge in [0, 0.05) is 37.6 Å². The van der Waals surface area contributed by atoms with E-state index in [0.29, 0.717) is 24.9 Å². The van der Waals surface area contributed by atoms with Gasteiger partial charge in [-0.2, -0.15) is 0 Å². The molecule has 2 heterocycles. The van der Waals surface area contributed by atoms with E-state index in [4.69, 9.17) is 5.73 Å². The highest BCUT2D eigenvalue weighted by atomic mass is 19.1. The summed E-state index contributed by atoms with van der Waals surface area (Å²) in [4.78, 5) is 4.93. The van der Waals surface area contributed by atoms with Gasteiger partial charge in [0.1, 0.15) is 5.82 Å². The zero-order valence-electron chi connectivity index (χ0n) is 19.6. The Labute approximate surface area is 197 Å². The number of aliphatic hydroxyl groups excluding tert-OH is 1. The van der Waals surface area contributed by atoms with Crippen molar-refractivity contribution in [2.75, 3.05) is 32.7 Å². The summed E-state index contributed by atoms with van der Waals surface area (Å²) >= 11 is 0. The average Bonchev–Trinajstić information content (AvgIpc) is 3.23. The van der Waals surface area contributed by atoms with Gasteiger partial charge in [-0.3, -0.25) is 9.80 Å². The van der Waals surface area contributed by atoms with Crippen LogP contribution in [0.25, 0.3) is 0 Å². The first-order valence-corrected chi connectivity index (χ1v) is 12.7. The Balaban J connectivity index is 1.44. The maximum Gasteiger partial charge on any atom is 0.123 e. The molecule has 3 atom stereocenters. The van der Waals surface area contributed by atoms with Crippen LogP contribution < -0.4 is 5.73 Å². The van der Waals surface area contributed by atoms with Crippen LogP contribution in [-0.2, 0) is 12.0 Å². The molecule has 5 heteroatoms. The Morgan fingerprint density at radius 1 is 0.939 bits per heavy atom. The van der Waals surface area contributed by atoms with Gasteiger partial charge in [0.25, 0.3) is 0 Å². The molecule has 3 aliphatic rings. The Morgan fingerprint density at radius 2 is 1.70 bits per heavy atom. The standard InChI is InChI=1S/C28H38FN3O/c29-24-9-4-8-23(16-24)28(20-32-18-25(33)19-32,26-10-5-11-27(26)30)22-12-14-31(15-13-22)17-21-6-2-1-3-7-21/h1-4,6-9,16,22,25-27,33H,5,10-15,17-20,30H2/t26-,27-,28?/m0/s1. The van der Waals surface area contributed by atoms with E-state index in [0.717, 1.165) is 63.8 Å². The minimum Gasteiger partial charge on any atom is -0.390 e. The van der Waals surface area contributed by atoms with E-state index in [2.05, 4.69) is 46.2 Å². The van der Waals surface area contributed by atoms with Gasteiger partial charge < -0.3 is 10.8 Å². The van der Waals surface area contributed by atoms with Gasteiger partial charge in [-0.15, -0.1) is 0 Å². The van der Waals surface area contributed by atoms with Crippen LogP contribution in [0.3, 0.4) is 0 Å². The SMILES string of the molecule is N[C@H]1CCC[C@@H]1C(CN1CC(O)C1)(c1cccc(F)c1)C1CCN(Cc2ccccc2)CC1. The molecule has 33 heavy (non-hydrogen) atoms. The fourth-order valence-electron chi connectivity index (χ4n) is 6.99. The molecule has 0 amide bonds. The maximum absolute atomic E-state index is 14.6. The second kappa shape index (κ2) is 9.83. The molecule has 0 bridgehead atoms. The Bertz CT molecular complexity index is 910. The number of rotatable bonds is 7. The van der Waals surface area contributed by atoms with E-state index in [-0.39, 0.29) is 23.4 Å². The third kappa shape index (κ3) is 4.74. The van der Waals surface area contributed by atoms with Gasteiger partial charge in [0.15, 0.2) is 0 Å². The number of nitrogens with two attached hydrogens (primary N) is 1. The molecule has 4 nitrogen and oxygen atoms in total. The van der Waals surface area contributed by atoms with Crippen LogP contribution >= 0.6 is 0 Å². The highest BCUT2D eigenvalue weighted by Crippen LogP contribution is 2.51. The molecule has 2 aromatic carbocycles. The van der Waals surface area contributed by atoms with Crippen LogP contribution in [0.2, 0.25) is 0 Å². The Morgan fingerprint density at radius 3 is 2.33 bits per heavy atom. The fourth-order valence-corrected chi connectivity index (χ4v) is 6.99. The van der Waals surface area contributed by atoms with Crippen molar-refractivity contribution in [3.05, 3.63) is 71.5 Å². The van der Waals surface area contributed by atoms with Crippen LogP contribution in [0.15, 0.2) is 54.6 Å². The van der Waals surface area contributed by atoms with E-state index >= 15 is 0 Å². The Hall–Kier alpha value is -1.79. The number of hydrogen-bond acceptors (Lipinski definition) is 4. The van der Waals surface area contributed by atoms with Crippen molar-refractivity contribution in [3.63, 3.8) is 0 Å². The molecule has 0 radical (unpaired) electrons. The first-order chi connectivity index (χ1) is 16.0. The highest BCUT2D eigenvalue weighted by Gasteiger charge is 2.52. The molecular weight excluding hydrogens is 413 g/mol. The summed E-state index contributed by atoms with van der Waals surface area (Å²) in [5.41, 5.74) is 9.08. The molecule has 5 rings (SSSR count). The van der Waals surface area contributed by atoms with E-state index < -0.39 is 0 Å². The number of benzene rings is 2. The number of nitrogens with zero attached hydrogens (tertiary/aromatic N) is 2. The van der Waals surface area contributed by atoms with Gasteiger partial charge >= 0.3 is 0 Å². The molecule has 2 saturated heterocycles.